The minimum absolute atomic E-state index is 0.549. The van der Waals surface area contributed by atoms with E-state index in [4.69, 9.17) is 15.0 Å². The van der Waals surface area contributed by atoms with Crippen LogP contribution in [-0.2, 0) is 0 Å². The van der Waals surface area contributed by atoms with E-state index in [0.717, 1.165) is 60.5 Å². The third kappa shape index (κ3) is 4.94. The van der Waals surface area contributed by atoms with Crippen LogP contribution in [0.5, 0.6) is 0 Å². The molecule has 0 aliphatic carbocycles. The van der Waals surface area contributed by atoms with Gasteiger partial charge in [0, 0.05) is 60.0 Å². The highest BCUT2D eigenvalue weighted by Crippen LogP contribution is 2.39. The molecule has 5 heterocycles. The third-order valence-corrected chi connectivity index (χ3v) is 13.0. The molecule has 0 unspecified atom stereocenters. The number of fused-ring (bicyclic) bond motifs is 12. The summed E-state index contributed by atoms with van der Waals surface area (Å²) in [5.74, 6) is 1.70. The molecule has 0 spiro atoms. The van der Waals surface area contributed by atoms with Gasteiger partial charge in [-0.05, 0) is 72.8 Å². The van der Waals surface area contributed by atoms with Crippen LogP contribution in [0.15, 0.2) is 212 Å². The smallest absolute Gasteiger partial charge is 0.240 e. The molecule has 0 saturated carbocycles. The van der Waals surface area contributed by atoms with Gasteiger partial charge in [0.1, 0.15) is 0 Å². The Hall–Kier alpha value is -8.81. The molecule has 0 aliphatic rings. The molecule has 7 nitrogen and oxygen atoms in total. The van der Waals surface area contributed by atoms with Gasteiger partial charge in [-0.25, -0.2) is 0 Å². The minimum Gasteiger partial charge on any atom is -0.309 e. The molecule has 0 atom stereocenters. The van der Waals surface area contributed by atoms with Crippen molar-refractivity contribution in [2.24, 2.45) is 0 Å². The lowest BCUT2D eigenvalue weighted by Gasteiger charge is -2.13. The topological polar surface area (TPSA) is 58.4 Å². The van der Waals surface area contributed by atoms with E-state index in [2.05, 4.69) is 212 Å². The van der Waals surface area contributed by atoms with Crippen LogP contribution in [0, 0.1) is 0 Å². The lowest BCUT2D eigenvalue weighted by molar-refractivity contribution is 0.892. The second-order valence-corrected chi connectivity index (χ2v) is 16.5. The Kier molecular flexibility index (Phi) is 7.27. The highest BCUT2D eigenvalue weighted by Gasteiger charge is 2.22. The summed E-state index contributed by atoms with van der Waals surface area (Å²) in [5.41, 5.74) is 11.9. The Morgan fingerprint density at radius 1 is 0.234 bits per heavy atom. The van der Waals surface area contributed by atoms with Crippen LogP contribution >= 0.6 is 0 Å². The number of hydrogen-bond donors (Lipinski definition) is 0. The van der Waals surface area contributed by atoms with Crippen molar-refractivity contribution < 1.29 is 0 Å². The molecule has 5 aromatic heterocycles. The summed E-state index contributed by atoms with van der Waals surface area (Å²) in [6.45, 7) is 0. The van der Waals surface area contributed by atoms with Gasteiger partial charge in [0.15, 0.2) is 5.82 Å². The van der Waals surface area contributed by atoms with Crippen LogP contribution in [0.2, 0.25) is 0 Å². The van der Waals surface area contributed by atoms with Crippen molar-refractivity contribution in [1.82, 2.24) is 33.2 Å². The first kappa shape index (κ1) is 34.9. The fourth-order valence-corrected chi connectivity index (χ4v) is 10.3. The number of benzene rings is 9. The van der Waals surface area contributed by atoms with Crippen molar-refractivity contribution in [3.05, 3.63) is 212 Å². The van der Waals surface area contributed by atoms with E-state index < -0.39 is 0 Å². The maximum absolute atomic E-state index is 5.45. The molecule has 7 heteroatoms. The molecular weight excluding hydrogens is 783 g/mol. The molecule has 9 aromatic carbocycles. The van der Waals surface area contributed by atoms with E-state index in [1.54, 1.807) is 0 Å². The lowest BCUT2D eigenvalue weighted by Crippen LogP contribution is -2.10. The highest BCUT2D eigenvalue weighted by atomic mass is 15.3. The standard InChI is InChI=1S/C57H35N7/c1-2-16-36(17-3-1)55-58-56(63-51-28-14-8-22-43(51)45-34-37(30-32-53(45)63)61-47-24-10-4-18-39(47)40-19-5-11-25-48(40)61)60-57(59-55)64-52-29-15-9-23-44(52)46-35-38(31-33-54(46)64)62-49-26-12-6-20-41(49)42-21-7-13-27-50(42)62/h1-35H. The minimum atomic E-state index is 0.549. The van der Waals surface area contributed by atoms with Gasteiger partial charge >= 0.3 is 0 Å². The predicted octanol–water partition coefficient (Wildman–Crippen LogP) is 13.9. The van der Waals surface area contributed by atoms with E-state index in [1.165, 1.54) is 43.6 Å². The summed E-state index contributed by atoms with van der Waals surface area (Å²) in [6.07, 6.45) is 0. The lowest BCUT2D eigenvalue weighted by atomic mass is 10.1. The quantitative estimate of drug-likeness (QED) is 0.174. The molecule has 0 bridgehead atoms. The summed E-state index contributed by atoms with van der Waals surface area (Å²) >= 11 is 0. The van der Waals surface area contributed by atoms with Gasteiger partial charge in [-0.2, -0.15) is 15.0 Å². The van der Waals surface area contributed by atoms with E-state index in [-0.39, 0.29) is 0 Å². The van der Waals surface area contributed by atoms with Crippen LogP contribution in [0.4, 0.5) is 0 Å². The molecule has 0 radical (unpaired) electrons. The summed E-state index contributed by atoms with van der Waals surface area (Å²) in [7, 11) is 0. The second-order valence-electron chi connectivity index (χ2n) is 16.5. The summed E-state index contributed by atoms with van der Waals surface area (Å²) < 4.78 is 9.15. The Bertz CT molecular complexity index is 3850. The first-order chi connectivity index (χ1) is 31.8. The van der Waals surface area contributed by atoms with Crippen LogP contribution in [0.25, 0.3) is 122 Å². The second kappa shape index (κ2) is 13.3. The first-order valence-corrected chi connectivity index (χ1v) is 21.6. The molecule has 0 amide bonds. The maximum Gasteiger partial charge on any atom is 0.240 e. The van der Waals surface area contributed by atoms with Gasteiger partial charge < -0.3 is 9.13 Å². The number of nitrogens with zero attached hydrogens (tertiary/aromatic N) is 7. The van der Waals surface area contributed by atoms with Crippen molar-refractivity contribution in [3.63, 3.8) is 0 Å². The van der Waals surface area contributed by atoms with E-state index in [1.807, 2.05) is 18.2 Å². The number of aromatic nitrogens is 7. The molecule has 64 heavy (non-hydrogen) atoms. The zero-order chi connectivity index (χ0) is 41.9. The molecule has 14 rings (SSSR count). The van der Waals surface area contributed by atoms with Crippen molar-refractivity contribution >= 4 is 87.2 Å². The van der Waals surface area contributed by atoms with Crippen LogP contribution < -0.4 is 0 Å². The normalized spacial score (nSPS) is 12.1. The summed E-state index contributed by atoms with van der Waals surface area (Å²) in [6, 6.07) is 75.5. The summed E-state index contributed by atoms with van der Waals surface area (Å²) in [5, 5.41) is 9.43. The molecule has 0 saturated heterocycles. The molecule has 0 fully saturated rings. The Balaban J connectivity index is 1.01. The number of para-hydroxylation sites is 6. The van der Waals surface area contributed by atoms with Crippen molar-refractivity contribution in [1.29, 1.82) is 0 Å². The average Bonchev–Trinajstić information content (AvgIpc) is 4.09. The summed E-state index contributed by atoms with van der Waals surface area (Å²) in [4.78, 5) is 16.0. The van der Waals surface area contributed by atoms with Crippen LogP contribution in [0.3, 0.4) is 0 Å². The van der Waals surface area contributed by atoms with Gasteiger partial charge in [-0.3, -0.25) is 9.13 Å². The SMILES string of the molecule is c1ccc(-c2nc(-n3c4ccccc4c4cc(-n5c6ccccc6c6ccccc65)ccc43)nc(-n3c4ccccc4c4cc(-n5c6ccccc6c6ccccc65)ccc43)n2)cc1. The molecule has 0 aliphatic heterocycles. The van der Waals surface area contributed by atoms with Crippen molar-refractivity contribution in [2.45, 2.75) is 0 Å². The van der Waals surface area contributed by atoms with E-state index in [0.29, 0.717) is 17.7 Å². The third-order valence-electron chi connectivity index (χ3n) is 13.0. The van der Waals surface area contributed by atoms with E-state index in [9.17, 15) is 0 Å². The first-order valence-electron chi connectivity index (χ1n) is 21.6. The Labute approximate surface area is 366 Å². The van der Waals surface area contributed by atoms with Crippen molar-refractivity contribution in [3.8, 4) is 34.7 Å². The van der Waals surface area contributed by atoms with Gasteiger partial charge in [-0.1, -0.05) is 140 Å². The molecule has 298 valence electrons. The molecular formula is C57H35N7. The van der Waals surface area contributed by atoms with Gasteiger partial charge in [0.25, 0.3) is 0 Å². The Morgan fingerprint density at radius 3 is 0.906 bits per heavy atom. The van der Waals surface area contributed by atoms with Gasteiger partial charge in [0.2, 0.25) is 11.9 Å². The van der Waals surface area contributed by atoms with Crippen LogP contribution in [-0.4, -0.2) is 33.2 Å². The molecule has 14 aromatic rings. The zero-order valence-corrected chi connectivity index (χ0v) is 34.3. The fourth-order valence-electron chi connectivity index (χ4n) is 10.3. The molecule has 0 N–H and O–H groups in total. The largest absolute Gasteiger partial charge is 0.309 e. The van der Waals surface area contributed by atoms with Gasteiger partial charge in [0.05, 0.1) is 44.1 Å². The van der Waals surface area contributed by atoms with Gasteiger partial charge in [-0.15, -0.1) is 0 Å². The van der Waals surface area contributed by atoms with E-state index >= 15 is 0 Å². The monoisotopic (exact) mass is 817 g/mol. The fraction of sp³-hybridized carbons (Fsp3) is 0. The number of rotatable bonds is 5. The Morgan fingerprint density at radius 2 is 0.531 bits per heavy atom. The predicted molar refractivity (Wildman–Crippen MR) is 263 cm³/mol. The zero-order valence-electron chi connectivity index (χ0n) is 34.3. The maximum atomic E-state index is 5.45. The highest BCUT2D eigenvalue weighted by molar-refractivity contribution is 6.14. The van der Waals surface area contributed by atoms with Crippen LogP contribution in [0.1, 0.15) is 0 Å². The van der Waals surface area contributed by atoms with Crippen molar-refractivity contribution in [2.75, 3.05) is 0 Å². The number of hydrogen-bond acceptors (Lipinski definition) is 3. The average molecular weight is 818 g/mol.